The molecule has 0 saturated heterocycles. The molecule has 4 nitrogen and oxygen atoms in total. The summed E-state index contributed by atoms with van der Waals surface area (Å²) in [6, 6.07) is 5.04. The van der Waals surface area contributed by atoms with Crippen molar-refractivity contribution in [2.24, 2.45) is 0 Å². The van der Waals surface area contributed by atoms with Gasteiger partial charge in [0.15, 0.2) is 0 Å². The molecule has 1 aliphatic rings. The molecule has 0 N–H and O–H groups in total. The molecule has 1 unspecified atom stereocenters. The van der Waals surface area contributed by atoms with Gasteiger partial charge in [0.25, 0.3) is 0 Å². The van der Waals surface area contributed by atoms with Crippen LogP contribution in [0.3, 0.4) is 0 Å². The molecule has 28 heavy (non-hydrogen) atoms. The van der Waals surface area contributed by atoms with E-state index in [9.17, 15) is 9.59 Å². The molecule has 0 aliphatic heterocycles. The number of carbonyl (C=O) groups is 2. The number of hydrogen-bond donors (Lipinski definition) is 0. The van der Waals surface area contributed by atoms with E-state index < -0.39 is 6.10 Å². The second kappa shape index (κ2) is 12.2. The monoisotopic (exact) mass is 384 g/mol. The first kappa shape index (κ1) is 22.0. The lowest BCUT2D eigenvalue weighted by atomic mass is 10.1. The highest BCUT2D eigenvalue weighted by Gasteiger charge is 2.40. The van der Waals surface area contributed by atoms with Crippen molar-refractivity contribution in [2.75, 3.05) is 6.61 Å². The van der Waals surface area contributed by atoms with Gasteiger partial charge in [0.1, 0.15) is 11.9 Å². The highest BCUT2D eigenvalue weighted by molar-refractivity contribution is 6.28. The summed E-state index contributed by atoms with van der Waals surface area (Å²) in [5, 5.41) is 0. The maximum atomic E-state index is 12.4. The molecule has 0 radical (unpaired) electrons. The predicted octanol–water partition coefficient (Wildman–Crippen LogP) is 5.73. The summed E-state index contributed by atoms with van der Waals surface area (Å²) in [6.45, 7) is 4.46. The van der Waals surface area contributed by atoms with E-state index in [4.69, 9.17) is 9.47 Å². The summed E-state index contributed by atoms with van der Waals surface area (Å²) >= 11 is 0. The van der Waals surface area contributed by atoms with Crippen LogP contribution in [0.15, 0.2) is 18.2 Å². The summed E-state index contributed by atoms with van der Waals surface area (Å²) < 4.78 is 10.8. The molecular formula is C24H32O4. The molecule has 1 atom stereocenters. The summed E-state index contributed by atoms with van der Waals surface area (Å²) in [7, 11) is 0. The van der Waals surface area contributed by atoms with Gasteiger partial charge in [-0.2, -0.15) is 0 Å². The summed E-state index contributed by atoms with van der Waals surface area (Å²) in [4.78, 5) is 24.6. The first-order chi connectivity index (χ1) is 13.7. The molecule has 0 saturated carbocycles. The quantitative estimate of drug-likeness (QED) is 0.247. The fourth-order valence-electron chi connectivity index (χ4n) is 3.44. The average molecular weight is 385 g/mol. The van der Waals surface area contributed by atoms with Crippen LogP contribution in [0.5, 0.6) is 5.75 Å². The number of benzene rings is 1. The van der Waals surface area contributed by atoms with Gasteiger partial charge in [-0.15, -0.1) is 0 Å². The maximum absolute atomic E-state index is 12.4. The molecule has 0 amide bonds. The molecule has 2 rings (SSSR count). The van der Waals surface area contributed by atoms with Crippen molar-refractivity contribution >= 4 is 11.6 Å². The van der Waals surface area contributed by atoms with E-state index in [2.05, 4.69) is 19.0 Å². The van der Waals surface area contributed by atoms with Gasteiger partial charge < -0.3 is 9.47 Å². The minimum absolute atomic E-state index is 0.330. The van der Waals surface area contributed by atoms with Crippen molar-refractivity contribution in [1.29, 1.82) is 0 Å². The van der Waals surface area contributed by atoms with Crippen LogP contribution in [0.2, 0.25) is 0 Å². The Hall–Kier alpha value is -2.28. The van der Waals surface area contributed by atoms with E-state index in [1.165, 1.54) is 51.4 Å². The molecule has 0 heterocycles. The Bertz CT molecular complexity index is 711. The van der Waals surface area contributed by atoms with E-state index in [0.29, 0.717) is 23.5 Å². The van der Waals surface area contributed by atoms with Crippen LogP contribution in [0.1, 0.15) is 98.8 Å². The zero-order valence-electron chi connectivity index (χ0n) is 17.2. The third-order valence-corrected chi connectivity index (χ3v) is 5.04. The van der Waals surface area contributed by atoms with Crippen LogP contribution < -0.4 is 4.74 Å². The molecule has 0 spiro atoms. The lowest BCUT2D eigenvalue weighted by Crippen LogP contribution is -2.23. The Morgan fingerprint density at radius 2 is 1.46 bits per heavy atom. The molecular weight excluding hydrogens is 352 g/mol. The number of ether oxygens (including phenoxy) is 2. The Kier molecular flexibility index (Phi) is 9.62. The molecule has 0 bridgehead atoms. The van der Waals surface area contributed by atoms with E-state index >= 15 is 0 Å². The van der Waals surface area contributed by atoms with Crippen molar-refractivity contribution in [3.63, 3.8) is 0 Å². The number of ketones is 2. The van der Waals surface area contributed by atoms with E-state index in [1.807, 2.05) is 0 Å². The van der Waals surface area contributed by atoms with Crippen molar-refractivity contribution in [3.8, 4) is 17.8 Å². The Labute approximate surface area is 169 Å². The Balaban J connectivity index is 1.66. The zero-order valence-corrected chi connectivity index (χ0v) is 17.2. The van der Waals surface area contributed by atoms with Crippen LogP contribution in [-0.4, -0.2) is 24.3 Å². The number of carbonyl (C=O) groups excluding carboxylic acids is 2. The minimum Gasteiger partial charge on any atom is -0.494 e. The Morgan fingerprint density at radius 3 is 2.11 bits per heavy atom. The van der Waals surface area contributed by atoms with Crippen molar-refractivity contribution in [3.05, 3.63) is 29.3 Å². The fourth-order valence-corrected chi connectivity index (χ4v) is 3.44. The van der Waals surface area contributed by atoms with Gasteiger partial charge in [-0.1, -0.05) is 70.6 Å². The normalized spacial score (nSPS) is 15.1. The molecule has 1 aromatic rings. The molecule has 0 aromatic heterocycles. The van der Waals surface area contributed by atoms with Crippen LogP contribution in [-0.2, 0) is 4.74 Å². The first-order valence-corrected chi connectivity index (χ1v) is 10.6. The number of hydrogen-bond acceptors (Lipinski definition) is 4. The molecule has 4 heteroatoms. The van der Waals surface area contributed by atoms with Gasteiger partial charge in [-0.3, -0.25) is 9.59 Å². The van der Waals surface area contributed by atoms with Crippen molar-refractivity contribution in [1.82, 2.24) is 0 Å². The van der Waals surface area contributed by atoms with Crippen LogP contribution in [0.25, 0.3) is 0 Å². The van der Waals surface area contributed by atoms with Crippen molar-refractivity contribution in [2.45, 2.75) is 84.2 Å². The maximum Gasteiger partial charge on any atom is 0.235 e. The van der Waals surface area contributed by atoms with Gasteiger partial charge >= 0.3 is 0 Å². The lowest BCUT2D eigenvalue weighted by Gasteiger charge is -2.07. The summed E-state index contributed by atoms with van der Waals surface area (Å²) in [5.74, 6) is 2.49. The molecule has 0 fully saturated rings. The number of fused-ring (bicyclic) bond motifs is 1. The largest absolute Gasteiger partial charge is 0.494 e. The SMILES string of the molecule is CC#COC1C(=O)c2ccc(OCCCCCCCCCCCC)cc2C1=O. The highest BCUT2D eigenvalue weighted by Crippen LogP contribution is 2.28. The van der Waals surface area contributed by atoms with Crippen LogP contribution in [0.4, 0.5) is 0 Å². The van der Waals surface area contributed by atoms with E-state index in [0.717, 1.165) is 12.8 Å². The van der Waals surface area contributed by atoms with Crippen LogP contribution >= 0.6 is 0 Å². The van der Waals surface area contributed by atoms with Crippen molar-refractivity contribution < 1.29 is 19.1 Å². The second-order valence-corrected chi connectivity index (χ2v) is 7.32. The lowest BCUT2D eigenvalue weighted by molar-refractivity contribution is 0.0659. The number of Topliss-reactive ketones (excluding diaryl/α,β-unsaturated/α-hetero) is 2. The first-order valence-electron chi connectivity index (χ1n) is 10.6. The second-order valence-electron chi connectivity index (χ2n) is 7.32. The van der Waals surface area contributed by atoms with E-state index in [-0.39, 0.29) is 11.6 Å². The predicted molar refractivity (Wildman–Crippen MR) is 111 cm³/mol. The Morgan fingerprint density at radius 1 is 0.857 bits per heavy atom. The average Bonchev–Trinajstić information content (AvgIpc) is 2.94. The molecule has 1 aromatic carbocycles. The number of unbranched alkanes of at least 4 members (excludes halogenated alkanes) is 9. The standard InChI is InChI=1S/C24H32O4/c1-3-5-6-7-8-9-10-11-12-13-17-27-19-14-15-20-21(18-19)23(26)24(22(20)25)28-16-4-2/h14-15,18,24H,3,5-13,17H2,1-2H3. The van der Waals surface area contributed by atoms with E-state index in [1.54, 1.807) is 25.1 Å². The summed E-state index contributed by atoms with van der Waals surface area (Å²) in [5.41, 5.74) is 0.757. The molecule has 1 aliphatic carbocycles. The summed E-state index contributed by atoms with van der Waals surface area (Å²) in [6.07, 6.45) is 14.0. The van der Waals surface area contributed by atoms with Gasteiger partial charge in [-0.25, -0.2) is 0 Å². The highest BCUT2D eigenvalue weighted by atomic mass is 16.5. The third-order valence-electron chi connectivity index (χ3n) is 5.04. The fraction of sp³-hybridized carbons (Fsp3) is 0.583. The number of rotatable bonds is 13. The zero-order chi connectivity index (χ0) is 20.2. The molecule has 152 valence electrons. The van der Waals surface area contributed by atoms with Crippen LogP contribution in [0, 0.1) is 12.0 Å². The minimum atomic E-state index is -1.14. The van der Waals surface area contributed by atoms with Gasteiger partial charge in [0.2, 0.25) is 17.7 Å². The smallest absolute Gasteiger partial charge is 0.235 e. The third kappa shape index (κ3) is 6.41. The van der Waals surface area contributed by atoms with Gasteiger partial charge in [0.05, 0.1) is 6.61 Å². The van der Waals surface area contributed by atoms with Gasteiger partial charge in [-0.05, 0) is 24.6 Å². The topological polar surface area (TPSA) is 52.6 Å². The van der Waals surface area contributed by atoms with Gasteiger partial charge in [0, 0.05) is 18.1 Å².